The minimum absolute atomic E-state index is 0.0202. The highest BCUT2D eigenvalue weighted by atomic mass is 35.5. The Labute approximate surface area is 114 Å². The number of carbonyl (C=O) groups is 1. The predicted molar refractivity (Wildman–Crippen MR) is 75.5 cm³/mol. The monoisotopic (exact) mass is 268 g/mol. The molecular weight excluding hydrogens is 248 g/mol. The fourth-order valence-electron chi connectivity index (χ4n) is 1.89. The van der Waals surface area contributed by atoms with E-state index in [1.165, 1.54) is 0 Å². The topological polar surface area (TPSA) is 55.1 Å². The molecule has 0 radical (unpaired) electrons. The zero-order valence-corrected chi connectivity index (χ0v) is 11.7. The molecule has 3 N–H and O–H groups in total. The molecule has 0 aromatic heterocycles. The zero-order valence-electron chi connectivity index (χ0n) is 10.9. The van der Waals surface area contributed by atoms with Crippen LogP contribution in [0.25, 0.3) is 0 Å². The molecule has 3 nitrogen and oxygen atoms in total. The van der Waals surface area contributed by atoms with Crippen molar-refractivity contribution in [1.29, 1.82) is 0 Å². The van der Waals surface area contributed by atoms with Gasteiger partial charge in [-0.25, -0.2) is 0 Å². The summed E-state index contributed by atoms with van der Waals surface area (Å²) in [5, 5.41) is 3.66. The van der Waals surface area contributed by atoms with Crippen molar-refractivity contribution in [2.45, 2.75) is 32.7 Å². The first-order valence-corrected chi connectivity index (χ1v) is 6.72. The van der Waals surface area contributed by atoms with Crippen molar-refractivity contribution in [3.63, 3.8) is 0 Å². The SMILES string of the molecule is CCCC(CN)C(=O)N[C@@H](C)c1cccc(Cl)c1. The van der Waals surface area contributed by atoms with Gasteiger partial charge in [-0.3, -0.25) is 4.79 Å². The predicted octanol–water partition coefficient (Wildman–Crippen LogP) is 2.89. The maximum atomic E-state index is 12.0. The molecule has 2 atom stereocenters. The van der Waals surface area contributed by atoms with Crippen LogP contribution >= 0.6 is 11.6 Å². The quantitative estimate of drug-likeness (QED) is 0.834. The standard InChI is InChI=1S/C14H21ClN2O/c1-3-5-12(9-16)14(18)17-10(2)11-6-4-7-13(15)8-11/h4,6-8,10,12H,3,5,9,16H2,1-2H3,(H,17,18)/t10-,12?/m0/s1. The fraction of sp³-hybridized carbons (Fsp3) is 0.500. The normalized spacial score (nSPS) is 14.0. The third kappa shape index (κ3) is 4.31. The van der Waals surface area contributed by atoms with E-state index >= 15 is 0 Å². The first-order valence-electron chi connectivity index (χ1n) is 6.34. The Balaban J connectivity index is 2.63. The molecule has 18 heavy (non-hydrogen) atoms. The van der Waals surface area contributed by atoms with Gasteiger partial charge in [-0.05, 0) is 31.0 Å². The maximum Gasteiger partial charge on any atom is 0.224 e. The number of nitrogens with one attached hydrogen (secondary N) is 1. The van der Waals surface area contributed by atoms with Crippen LogP contribution in [0.5, 0.6) is 0 Å². The highest BCUT2D eigenvalue weighted by Gasteiger charge is 2.18. The van der Waals surface area contributed by atoms with E-state index in [2.05, 4.69) is 12.2 Å². The Morgan fingerprint density at radius 2 is 2.22 bits per heavy atom. The molecule has 0 saturated carbocycles. The number of rotatable bonds is 6. The number of benzene rings is 1. The first-order chi connectivity index (χ1) is 8.58. The number of hydrogen-bond donors (Lipinski definition) is 2. The van der Waals surface area contributed by atoms with Crippen LogP contribution in [-0.4, -0.2) is 12.5 Å². The highest BCUT2D eigenvalue weighted by molar-refractivity contribution is 6.30. The second-order valence-corrected chi connectivity index (χ2v) is 4.94. The molecule has 0 aliphatic carbocycles. The molecule has 4 heteroatoms. The summed E-state index contributed by atoms with van der Waals surface area (Å²) in [5.74, 6) is -0.0801. The van der Waals surface area contributed by atoms with Crippen LogP contribution in [0.2, 0.25) is 5.02 Å². The summed E-state index contributed by atoms with van der Waals surface area (Å²) in [4.78, 5) is 12.0. The van der Waals surface area contributed by atoms with Crippen molar-refractivity contribution in [3.05, 3.63) is 34.9 Å². The van der Waals surface area contributed by atoms with Gasteiger partial charge in [0.15, 0.2) is 0 Å². The van der Waals surface area contributed by atoms with Crippen LogP contribution in [0.1, 0.15) is 38.3 Å². The first kappa shape index (κ1) is 15.0. The van der Waals surface area contributed by atoms with E-state index in [4.69, 9.17) is 17.3 Å². The molecule has 0 saturated heterocycles. The molecule has 0 heterocycles. The molecular formula is C14H21ClN2O. The molecule has 1 aromatic carbocycles. The van der Waals surface area contributed by atoms with Crippen molar-refractivity contribution in [2.75, 3.05) is 6.54 Å². The lowest BCUT2D eigenvalue weighted by molar-refractivity contribution is -0.125. The number of amides is 1. The summed E-state index contributed by atoms with van der Waals surface area (Å²) in [6.45, 7) is 4.39. The summed E-state index contributed by atoms with van der Waals surface area (Å²) in [6, 6.07) is 7.46. The Hall–Kier alpha value is -1.06. The minimum Gasteiger partial charge on any atom is -0.349 e. The highest BCUT2D eigenvalue weighted by Crippen LogP contribution is 2.18. The molecule has 0 aliphatic rings. The van der Waals surface area contributed by atoms with Gasteiger partial charge in [0.1, 0.15) is 0 Å². The lowest BCUT2D eigenvalue weighted by Gasteiger charge is -2.19. The molecule has 0 fully saturated rings. The lowest BCUT2D eigenvalue weighted by atomic mass is 10.0. The van der Waals surface area contributed by atoms with Crippen LogP contribution < -0.4 is 11.1 Å². The van der Waals surface area contributed by atoms with Gasteiger partial charge in [-0.2, -0.15) is 0 Å². The van der Waals surface area contributed by atoms with Crippen molar-refractivity contribution >= 4 is 17.5 Å². The van der Waals surface area contributed by atoms with Gasteiger partial charge in [0.25, 0.3) is 0 Å². The molecule has 1 rings (SSSR count). The van der Waals surface area contributed by atoms with Crippen molar-refractivity contribution in [1.82, 2.24) is 5.32 Å². The van der Waals surface area contributed by atoms with Gasteiger partial charge in [-0.15, -0.1) is 0 Å². The van der Waals surface area contributed by atoms with E-state index in [0.29, 0.717) is 11.6 Å². The average Bonchev–Trinajstić information content (AvgIpc) is 2.35. The van der Waals surface area contributed by atoms with Gasteiger partial charge in [0.2, 0.25) is 5.91 Å². The summed E-state index contributed by atoms with van der Waals surface area (Å²) in [7, 11) is 0. The van der Waals surface area contributed by atoms with E-state index in [-0.39, 0.29) is 17.9 Å². The smallest absolute Gasteiger partial charge is 0.224 e. The largest absolute Gasteiger partial charge is 0.349 e. The van der Waals surface area contributed by atoms with Crippen molar-refractivity contribution < 1.29 is 4.79 Å². The van der Waals surface area contributed by atoms with Crippen LogP contribution in [-0.2, 0) is 4.79 Å². The zero-order chi connectivity index (χ0) is 13.5. The second kappa shape index (κ2) is 7.39. The van der Waals surface area contributed by atoms with Crippen molar-refractivity contribution in [3.8, 4) is 0 Å². The molecule has 0 spiro atoms. The summed E-state index contributed by atoms with van der Waals surface area (Å²) in [5.41, 5.74) is 6.62. The Morgan fingerprint density at radius 1 is 1.50 bits per heavy atom. The van der Waals surface area contributed by atoms with Gasteiger partial charge >= 0.3 is 0 Å². The fourth-order valence-corrected chi connectivity index (χ4v) is 2.09. The Bertz CT molecular complexity index is 395. The van der Waals surface area contributed by atoms with Gasteiger partial charge < -0.3 is 11.1 Å². The second-order valence-electron chi connectivity index (χ2n) is 4.51. The van der Waals surface area contributed by atoms with E-state index in [1.54, 1.807) is 0 Å². The molecule has 0 bridgehead atoms. The Kier molecular flexibility index (Phi) is 6.16. The van der Waals surface area contributed by atoms with E-state index < -0.39 is 0 Å². The third-order valence-corrected chi connectivity index (χ3v) is 3.23. The Morgan fingerprint density at radius 3 is 2.78 bits per heavy atom. The lowest BCUT2D eigenvalue weighted by Crippen LogP contribution is -2.36. The summed E-state index contributed by atoms with van der Waals surface area (Å²) < 4.78 is 0. The third-order valence-electron chi connectivity index (χ3n) is 3.00. The van der Waals surface area contributed by atoms with Crippen LogP contribution in [0, 0.1) is 5.92 Å². The number of hydrogen-bond acceptors (Lipinski definition) is 2. The summed E-state index contributed by atoms with van der Waals surface area (Å²) >= 11 is 5.93. The van der Waals surface area contributed by atoms with Gasteiger partial charge in [0.05, 0.1) is 12.0 Å². The number of nitrogens with two attached hydrogens (primary N) is 1. The number of halogens is 1. The van der Waals surface area contributed by atoms with Gasteiger partial charge in [-0.1, -0.05) is 37.1 Å². The summed E-state index contributed by atoms with van der Waals surface area (Å²) in [6.07, 6.45) is 1.78. The molecule has 1 unspecified atom stereocenters. The van der Waals surface area contributed by atoms with E-state index in [1.807, 2.05) is 31.2 Å². The van der Waals surface area contributed by atoms with Crippen LogP contribution in [0.4, 0.5) is 0 Å². The van der Waals surface area contributed by atoms with E-state index in [9.17, 15) is 4.79 Å². The minimum atomic E-state index is -0.100. The van der Waals surface area contributed by atoms with E-state index in [0.717, 1.165) is 18.4 Å². The molecule has 0 aliphatic heterocycles. The molecule has 1 amide bonds. The molecule has 1 aromatic rings. The maximum absolute atomic E-state index is 12.0. The average molecular weight is 269 g/mol. The number of carbonyl (C=O) groups excluding carboxylic acids is 1. The van der Waals surface area contributed by atoms with Crippen LogP contribution in [0.15, 0.2) is 24.3 Å². The molecule has 100 valence electrons. The van der Waals surface area contributed by atoms with Crippen molar-refractivity contribution in [2.24, 2.45) is 11.7 Å². The van der Waals surface area contributed by atoms with Gasteiger partial charge in [0, 0.05) is 11.6 Å². The van der Waals surface area contributed by atoms with Crippen LogP contribution in [0.3, 0.4) is 0 Å².